The van der Waals surface area contributed by atoms with E-state index in [4.69, 9.17) is 0 Å². The van der Waals surface area contributed by atoms with Crippen molar-refractivity contribution in [2.75, 3.05) is 18.0 Å². The maximum atomic E-state index is 4.63. The van der Waals surface area contributed by atoms with Gasteiger partial charge in [0.2, 0.25) is 0 Å². The Morgan fingerprint density at radius 2 is 2.12 bits per heavy atom. The molecule has 0 radical (unpaired) electrons. The zero-order valence-electron chi connectivity index (χ0n) is 13.9. The number of aryl methyl sites for hydroxylation is 1. The lowest BCUT2D eigenvalue weighted by molar-refractivity contribution is 0.227. The van der Waals surface area contributed by atoms with Gasteiger partial charge in [-0.15, -0.1) is 11.3 Å². The van der Waals surface area contributed by atoms with Crippen LogP contribution in [0, 0.1) is 6.92 Å². The summed E-state index contributed by atoms with van der Waals surface area (Å²) in [5.41, 5.74) is 3.49. The van der Waals surface area contributed by atoms with Gasteiger partial charge in [-0.05, 0) is 52.4 Å². The molecule has 3 aromatic rings. The number of anilines is 1. The van der Waals surface area contributed by atoms with Gasteiger partial charge >= 0.3 is 0 Å². The molecule has 5 nitrogen and oxygen atoms in total. The van der Waals surface area contributed by atoms with Crippen molar-refractivity contribution < 1.29 is 0 Å². The van der Waals surface area contributed by atoms with Crippen LogP contribution in [-0.4, -0.2) is 45.0 Å². The normalized spacial score (nSPS) is 23.0. The molecule has 5 rings (SSSR count). The number of likely N-dealkylation sites (tertiary alicyclic amines) is 1. The van der Waals surface area contributed by atoms with Gasteiger partial charge in [-0.25, -0.2) is 9.97 Å². The van der Waals surface area contributed by atoms with Gasteiger partial charge in [-0.3, -0.25) is 9.88 Å². The summed E-state index contributed by atoms with van der Waals surface area (Å²) in [4.78, 5) is 18.7. The van der Waals surface area contributed by atoms with Crippen molar-refractivity contribution in [3.63, 3.8) is 0 Å². The van der Waals surface area contributed by atoms with Crippen molar-refractivity contribution in [3.8, 4) is 0 Å². The van der Waals surface area contributed by atoms with E-state index in [1.165, 1.54) is 16.7 Å². The van der Waals surface area contributed by atoms with Crippen LogP contribution >= 0.6 is 27.3 Å². The number of fused-ring (bicyclic) bond motifs is 3. The smallest absolute Gasteiger partial charge is 0.150 e. The molecular formula is C18H18BrN5S. The molecular weight excluding hydrogens is 398 g/mol. The molecule has 2 atom stereocenters. The summed E-state index contributed by atoms with van der Waals surface area (Å²) in [6.45, 7) is 5.18. The van der Waals surface area contributed by atoms with Crippen LogP contribution in [-0.2, 0) is 6.54 Å². The second-order valence-corrected chi connectivity index (χ2v) is 8.68. The van der Waals surface area contributed by atoms with Crippen LogP contribution in [0.4, 0.5) is 5.82 Å². The predicted molar refractivity (Wildman–Crippen MR) is 104 cm³/mol. The largest absolute Gasteiger partial charge is 0.349 e. The molecule has 25 heavy (non-hydrogen) atoms. The highest BCUT2D eigenvalue weighted by atomic mass is 79.9. The molecule has 3 aromatic heterocycles. The number of hydrogen-bond acceptors (Lipinski definition) is 6. The summed E-state index contributed by atoms with van der Waals surface area (Å²) in [6.07, 6.45) is 4.81. The lowest BCUT2D eigenvalue weighted by atomic mass is 10.2. The van der Waals surface area contributed by atoms with Crippen LogP contribution < -0.4 is 4.90 Å². The molecule has 7 heteroatoms. The van der Waals surface area contributed by atoms with Crippen LogP contribution in [0.5, 0.6) is 0 Å². The van der Waals surface area contributed by atoms with Crippen molar-refractivity contribution in [3.05, 3.63) is 45.8 Å². The molecule has 5 heterocycles. The molecule has 2 saturated heterocycles. The molecule has 0 amide bonds. The Labute approximate surface area is 158 Å². The van der Waals surface area contributed by atoms with Crippen LogP contribution in [0.2, 0.25) is 0 Å². The summed E-state index contributed by atoms with van der Waals surface area (Å²) in [5.74, 6) is 1.12. The first-order chi connectivity index (χ1) is 12.2. The number of pyridine rings is 1. The third kappa shape index (κ3) is 2.65. The van der Waals surface area contributed by atoms with Gasteiger partial charge in [0.25, 0.3) is 0 Å². The molecule has 0 N–H and O–H groups in total. The van der Waals surface area contributed by atoms with Gasteiger partial charge in [-0.1, -0.05) is 0 Å². The molecule has 0 aliphatic carbocycles. The minimum Gasteiger partial charge on any atom is -0.349 e. The fraction of sp³-hybridized carbons (Fsp3) is 0.389. The highest BCUT2D eigenvalue weighted by molar-refractivity contribution is 9.10. The Kier molecular flexibility index (Phi) is 3.76. The Morgan fingerprint density at radius 1 is 1.20 bits per heavy atom. The SMILES string of the molecule is Cc1csc2c(N3CC4CC3CN4Cc3ccc(Br)cn3)ncnc12. The van der Waals surface area contributed by atoms with E-state index in [1.54, 1.807) is 17.7 Å². The van der Waals surface area contributed by atoms with E-state index in [0.717, 1.165) is 41.1 Å². The van der Waals surface area contributed by atoms with E-state index in [2.05, 4.69) is 65.1 Å². The second-order valence-electron chi connectivity index (χ2n) is 6.89. The van der Waals surface area contributed by atoms with Gasteiger partial charge in [0.15, 0.2) is 0 Å². The topological polar surface area (TPSA) is 45.2 Å². The van der Waals surface area contributed by atoms with E-state index in [9.17, 15) is 0 Å². The lowest BCUT2D eigenvalue weighted by Crippen LogP contribution is -2.46. The highest BCUT2D eigenvalue weighted by Gasteiger charge is 2.44. The second kappa shape index (κ2) is 6.00. The molecule has 2 fully saturated rings. The maximum absolute atomic E-state index is 4.63. The Bertz CT molecular complexity index is 925. The van der Waals surface area contributed by atoms with Crippen LogP contribution in [0.25, 0.3) is 10.2 Å². The van der Waals surface area contributed by atoms with Gasteiger partial charge in [0.1, 0.15) is 12.1 Å². The Hall–Kier alpha value is -1.57. The zero-order valence-corrected chi connectivity index (χ0v) is 16.3. The average Bonchev–Trinajstić information content (AvgIpc) is 3.31. The Morgan fingerprint density at radius 3 is 2.88 bits per heavy atom. The third-order valence-corrected chi connectivity index (χ3v) is 6.84. The predicted octanol–water partition coefficient (Wildman–Crippen LogP) is 3.62. The minimum atomic E-state index is 0.543. The number of nitrogens with zero attached hydrogens (tertiary/aromatic N) is 5. The van der Waals surface area contributed by atoms with Crippen molar-refractivity contribution in [2.24, 2.45) is 0 Å². The van der Waals surface area contributed by atoms with E-state index in [1.807, 2.05) is 6.20 Å². The van der Waals surface area contributed by atoms with Gasteiger partial charge in [0, 0.05) is 42.4 Å². The molecule has 128 valence electrons. The highest BCUT2D eigenvalue weighted by Crippen LogP contribution is 2.39. The van der Waals surface area contributed by atoms with E-state index in [0.29, 0.717) is 12.1 Å². The van der Waals surface area contributed by atoms with E-state index < -0.39 is 0 Å². The standard InChI is InChI=1S/C18H18BrN5S/c1-11-9-25-17-16(11)21-10-22-18(17)24-8-14-4-15(24)7-23(14)6-13-3-2-12(19)5-20-13/h2-3,5,9-10,14-15H,4,6-8H2,1H3. The molecule has 2 unspecified atom stereocenters. The minimum absolute atomic E-state index is 0.543. The first-order valence-corrected chi connectivity index (χ1v) is 10.2. The van der Waals surface area contributed by atoms with E-state index in [-0.39, 0.29) is 0 Å². The maximum Gasteiger partial charge on any atom is 0.150 e. The van der Waals surface area contributed by atoms with Crippen LogP contribution in [0.3, 0.4) is 0 Å². The molecule has 0 spiro atoms. The zero-order chi connectivity index (χ0) is 17.0. The molecule has 0 aromatic carbocycles. The fourth-order valence-corrected chi connectivity index (χ4v) is 5.31. The first-order valence-electron chi connectivity index (χ1n) is 8.49. The summed E-state index contributed by atoms with van der Waals surface area (Å²) < 4.78 is 2.26. The summed E-state index contributed by atoms with van der Waals surface area (Å²) in [7, 11) is 0. The number of thiophene rings is 1. The van der Waals surface area contributed by atoms with Crippen molar-refractivity contribution in [2.45, 2.75) is 32.0 Å². The number of hydrogen-bond donors (Lipinski definition) is 0. The van der Waals surface area contributed by atoms with Crippen LogP contribution in [0.1, 0.15) is 17.7 Å². The van der Waals surface area contributed by atoms with Gasteiger partial charge in [-0.2, -0.15) is 0 Å². The molecule has 2 aliphatic heterocycles. The number of piperazine rings is 1. The summed E-state index contributed by atoms with van der Waals surface area (Å²) in [5, 5.41) is 2.18. The third-order valence-electron chi connectivity index (χ3n) is 5.29. The monoisotopic (exact) mass is 415 g/mol. The molecule has 2 aliphatic rings. The fourth-order valence-electron chi connectivity index (χ4n) is 4.07. The molecule has 2 bridgehead atoms. The number of halogens is 1. The number of aromatic nitrogens is 3. The summed E-state index contributed by atoms with van der Waals surface area (Å²) in [6, 6.07) is 5.30. The van der Waals surface area contributed by atoms with Crippen molar-refractivity contribution >= 4 is 43.3 Å². The lowest BCUT2D eigenvalue weighted by Gasteiger charge is -2.34. The van der Waals surface area contributed by atoms with Gasteiger partial charge in [0.05, 0.1) is 15.9 Å². The van der Waals surface area contributed by atoms with E-state index >= 15 is 0 Å². The van der Waals surface area contributed by atoms with Gasteiger partial charge < -0.3 is 4.90 Å². The summed E-state index contributed by atoms with van der Waals surface area (Å²) >= 11 is 5.22. The quantitative estimate of drug-likeness (QED) is 0.653. The Balaban J connectivity index is 1.36. The van der Waals surface area contributed by atoms with Crippen molar-refractivity contribution in [1.82, 2.24) is 19.9 Å². The first kappa shape index (κ1) is 15.7. The van der Waals surface area contributed by atoms with Crippen molar-refractivity contribution in [1.29, 1.82) is 0 Å². The average molecular weight is 416 g/mol. The number of rotatable bonds is 3. The van der Waals surface area contributed by atoms with Crippen LogP contribution in [0.15, 0.2) is 34.5 Å². The molecule has 0 saturated carbocycles.